The quantitative estimate of drug-likeness (QED) is 0.698. The van der Waals surface area contributed by atoms with Crippen molar-refractivity contribution >= 4 is 22.4 Å². The monoisotopic (exact) mass is 432 g/mol. The first-order valence-corrected chi connectivity index (χ1v) is 10.2. The second-order valence-electron chi connectivity index (χ2n) is 6.29. The van der Waals surface area contributed by atoms with Crippen LogP contribution in [0.2, 0.25) is 0 Å². The maximum atomic E-state index is 13.1. The van der Waals surface area contributed by atoms with Crippen LogP contribution in [-0.2, 0) is 21.2 Å². The summed E-state index contributed by atoms with van der Waals surface area (Å²) < 4.78 is 43.4. The van der Waals surface area contributed by atoms with Gasteiger partial charge in [-0.1, -0.05) is 5.16 Å². The van der Waals surface area contributed by atoms with Crippen LogP contribution in [0.25, 0.3) is 11.5 Å². The van der Waals surface area contributed by atoms with Crippen LogP contribution in [-0.4, -0.2) is 69.4 Å². The van der Waals surface area contributed by atoms with Gasteiger partial charge in [0.15, 0.2) is 5.82 Å². The Labute approximate surface area is 170 Å². The van der Waals surface area contributed by atoms with Crippen LogP contribution in [0.1, 0.15) is 12.7 Å². The van der Waals surface area contributed by atoms with E-state index in [4.69, 9.17) is 14.0 Å². The van der Waals surface area contributed by atoms with Crippen molar-refractivity contribution in [1.82, 2.24) is 19.8 Å². The molecular weight excluding hydrogens is 408 g/mol. The summed E-state index contributed by atoms with van der Waals surface area (Å²) in [6, 6.07) is 5.02. The van der Waals surface area contributed by atoms with E-state index < -0.39 is 10.0 Å². The zero-order valence-electron chi connectivity index (χ0n) is 16.0. The van der Waals surface area contributed by atoms with E-state index >= 15 is 0 Å². The Kier molecular flexibility index (Phi) is 7.79. The number of ether oxygens (including phenoxy) is 2. The molecule has 1 unspecified atom stereocenters. The molecule has 11 heteroatoms. The number of sulfonamides is 1. The predicted octanol–water partition coefficient (Wildman–Crippen LogP) is 1.34. The van der Waals surface area contributed by atoms with Gasteiger partial charge in [0.1, 0.15) is 10.6 Å². The molecule has 1 saturated heterocycles. The number of likely N-dealkylation sites (N-methyl/N-ethyl adjacent to an activating group) is 1. The van der Waals surface area contributed by atoms with E-state index in [1.165, 1.54) is 17.5 Å². The van der Waals surface area contributed by atoms with Crippen LogP contribution < -0.4 is 10.1 Å². The molecule has 1 atom stereocenters. The zero-order chi connectivity index (χ0) is 19.4. The summed E-state index contributed by atoms with van der Waals surface area (Å²) in [6.07, 6.45) is 0.606. The van der Waals surface area contributed by atoms with Gasteiger partial charge in [0.2, 0.25) is 10.0 Å². The van der Waals surface area contributed by atoms with Gasteiger partial charge in [0.05, 0.1) is 20.3 Å². The van der Waals surface area contributed by atoms with Crippen LogP contribution in [0.4, 0.5) is 0 Å². The minimum atomic E-state index is -3.72. The molecule has 0 aliphatic carbocycles. The Bertz CT molecular complexity index is 883. The fourth-order valence-electron chi connectivity index (χ4n) is 2.77. The van der Waals surface area contributed by atoms with Gasteiger partial charge in [-0.05, 0) is 32.2 Å². The molecule has 9 nitrogen and oxygen atoms in total. The molecule has 156 valence electrons. The summed E-state index contributed by atoms with van der Waals surface area (Å²) in [4.78, 5) is 4.45. The van der Waals surface area contributed by atoms with Crippen molar-refractivity contribution in [3.63, 3.8) is 0 Å². The highest BCUT2D eigenvalue weighted by atomic mass is 35.5. The molecule has 28 heavy (non-hydrogen) atoms. The Morgan fingerprint density at radius 2 is 2.04 bits per heavy atom. The Hall–Kier alpha value is -1.72. The summed E-state index contributed by atoms with van der Waals surface area (Å²) in [6.45, 7) is 3.37. The highest BCUT2D eigenvalue weighted by molar-refractivity contribution is 7.89. The molecule has 0 saturated carbocycles. The van der Waals surface area contributed by atoms with Crippen molar-refractivity contribution in [2.45, 2.75) is 24.3 Å². The SMILES string of the molecule is CNC(C)Cc1noc(-c2ccc(OC)c(S(=O)(=O)N3CCOCC3)c2)n1.Cl. The van der Waals surface area contributed by atoms with E-state index in [2.05, 4.69) is 15.5 Å². The smallest absolute Gasteiger partial charge is 0.257 e. The first-order valence-electron chi connectivity index (χ1n) is 8.72. The second kappa shape index (κ2) is 9.66. The second-order valence-corrected chi connectivity index (χ2v) is 8.20. The lowest BCUT2D eigenvalue weighted by Gasteiger charge is -2.26. The minimum Gasteiger partial charge on any atom is -0.495 e. The summed E-state index contributed by atoms with van der Waals surface area (Å²) in [5.74, 6) is 1.10. The van der Waals surface area contributed by atoms with Crippen molar-refractivity contribution in [1.29, 1.82) is 0 Å². The first-order chi connectivity index (χ1) is 13.0. The lowest BCUT2D eigenvalue weighted by molar-refractivity contribution is 0.0729. The number of aromatic nitrogens is 2. The first kappa shape index (κ1) is 22.6. The molecule has 0 spiro atoms. The van der Waals surface area contributed by atoms with Gasteiger partial charge in [0.25, 0.3) is 5.89 Å². The van der Waals surface area contributed by atoms with Crippen molar-refractivity contribution in [3.8, 4) is 17.2 Å². The van der Waals surface area contributed by atoms with Crippen LogP contribution in [0, 0.1) is 0 Å². The van der Waals surface area contributed by atoms with Gasteiger partial charge in [-0.2, -0.15) is 9.29 Å². The van der Waals surface area contributed by atoms with Gasteiger partial charge >= 0.3 is 0 Å². The number of morpholine rings is 1. The van der Waals surface area contributed by atoms with E-state index in [0.717, 1.165) is 0 Å². The summed E-state index contributed by atoms with van der Waals surface area (Å²) in [5.41, 5.74) is 0.526. The third kappa shape index (κ3) is 4.81. The third-order valence-corrected chi connectivity index (χ3v) is 6.37. The third-order valence-electron chi connectivity index (χ3n) is 4.45. The maximum Gasteiger partial charge on any atom is 0.257 e. The molecule has 2 heterocycles. The number of nitrogens with zero attached hydrogens (tertiary/aromatic N) is 3. The van der Waals surface area contributed by atoms with E-state index in [0.29, 0.717) is 44.1 Å². The predicted molar refractivity (Wildman–Crippen MR) is 105 cm³/mol. The van der Waals surface area contributed by atoms with Crippen molar-refractivity contribution in [3.05, 3.63) is 24.0 Å². The van der Waals surface area contributed by atoms with Crippen LogP contribution in [0.3, 0.4) is 0 Å². The molecular formula is C17H25ClN4O5S. The number of rotatable bonds is 7. The highest BCUT2D eigenvalue weighted by Gasteiger charge is 2.30. The number of hydrogen-bond donors (Lipinski definition) is 1. The van der Waals surface area contributed by atoms with E-state index in [9.17, 15) is 8.42 Å². The number of methoxy groups -OCH3 is 1. The normalized spacial score (nSPS) is 16.4. The average Bonchev–Trinajstić information content (AvgIpc) is 3.16. The van der Waals surface area contributed by atoms with Gasteiger partial charge < -0.3 is 19.3 Å². The lowest BCUT2D eigenvalue weighted by Crippen LogP contribution is -2.40. The zero-order valence-corrected chi connectivity index (χ0v) is 17.7. The highest BCUT2D eigenvalue weighted by Crippen LogP contribution is 2.31. The molecule has 1 aliphatic heterocycles. The number of hydrogen-bond acceptors (Lipinski definition) is 8. The molecule has 1 aromatic heterocycles. The molecule has 0 bridgehead atoms. The minimum absolute atomic E-state index is 0. The van der Waals surface area contributed by atoms with Gasteiger partial charge in [-0.15, -0.1) is 12.4 Å². The van der Waals surface area contributed by atoms with Crippen molar-refractivity contribution < 1.29 is 22.4 Å². The number of nitrogens with one attached hydrogen (secondary N) is 1. The van der Waals surface area contributed by atoms with Crippen LogP contribution in [0.15, 0.2) is 27.6 Å². The number of halogens is 1. The summed E-state index contributed by atoms with van der Waals surface area (Å²) >= 11 is 0. The molecule has 1 N–H and O–H groups in total. The Balaban J connectivity index is 0.00000280. The standard InChI is InChI=1S/C17H24N4O5S.ClH/c1-12(18-2)10-16-19-17(26-20-16)13-4-5-14(24-3)15(11-13)27(22,23)21-6-8-25-9-7-21;/h4-5,11-12,18H,6-10H2,1-3H3;1H. The molecule has 3 rings (SSSR count). The maximum absolute atomic E-state index is 13.1. The number of benzene rings is 1. The molecule has 2 aromatic rings. The fourth-order valence-corrected chi connectivity index (χ4v) is 4.36. The topological polar surface area (TPSA) is 107 Å². The lowest BCUT2D eigenvalue weighted by atomic mass is 10.2. The van der Waals surface area contributed by atoms with E-state index in [-0.39, 0.29) is 35.0 Å². The summed E-state index contributed by atoms with van der Waals surface area (Å²) in [5, 5.41) is 7.08. The fraction of sp³-hybridized carbons (Fsp3) is 0.529. The average molecular weight is 433 g/mol. The Morgan fingerprint density at radius 1 is 1.32 bits per heavy atom. The van der Waals surface area contributed by atoms with E-state index in [1.807, 2.05) is 14.0 Å². The molecule has 1 aliphatic rings. The largest absolute Gasteiger partial charge is 0.495 e. The molecule has 0 amide bonds. The van der Waals surface area contributed by atoms with Gasteiger partial charge in [0, 0.05) is 31.1 Å². The van der Waals surface area contributed by atoms with Crippen molar-refractivity contribution in [2.24, 2.45) is 0 Å². The molecule has 1 aromatic carbocycles. The molecule has 1 fully saturated rings. The Morgan fingerprint density at radius 3 is 2.68 bits per heavy atom. The molecule has 0 radical (unpaired) electrons. The van der Waals surface area contributed by atoms with Crippen molar-refractivity contribution in [2.75, 3.05) is 40.5 Å². The van der Waals surface area contributed by atoms with Crippen LogP contribution >= 0.6 is 12.4 Å². The van der Waals surface area contributed by atoms with Gasteiger partial charge in [-0.3, -0.25) is 0 Å². The van der Waals surface area contributed by atoms with E-state index in [1.54, 1.807) is 12.1 Å². The van der Waals surface area contributed by atoms with Crippen LogP contribution in [0.5, 0.6) is 5.75 Å². The summed E-state index contributed by atoms with van der Waals surface area (Å²) in [7, 11) is -0.422. The van der Waals surface area contributed by atoms with Gasteiger partial charge in [-0.25, -0.2) is 8.42 Å².